The van der Waals surface area contributed by atoms with Crippen LogP contribution in [0.3, 0.4) is 0 Å². The van der Waals surface area contributed by atoms with Crippen LogP contribution in [-0.2, 0) is 16.4 Å². The van der Waals surface area contributed by atoms with Gasteiger partial charge in [0.15, 0.2) is 0 Å². The zero-order chi connectivity index (χ0) is 15.1. The fourth-order valence-corrected chi connectivity index (χ4v) is 4.12. The van der Waals surface area contributed by atoms with E-state index in [2.05, 4.69) is 10.0 Å². The van der Waals surface area contributed by atoms with Crippen LogP contribution < -0.4 is 10.0 Å². The van der Waals surface area contributed by atoms with E-state index >= 15 is 0 Å². The molecule has 1 saturated carbocycles. The molecule has 118 valence electrons. The maximum absolute atomic E-state index is 12.4. The summed E-state index contributed by atoms with van der Waals surface area (Å²) in [6.07, 6.45) is 7.41. The van der Waals surface area contributed by atoms with E-state index in [0.29, 0.717) is 4.90 Å². The Morgan fingerprint density at radius 3 is 2.38 bits per heavy atom. The van der Waals surface area contributed by atoms with Gasteiger partial charge in [-0.3, -0.25) is 0 Å². The van der Waals surface area contributed by atoms with E-state index in [9.17, 15) is 8.42 Å². The van der Waals surface area contributed by atoms with Crippen molar-refractivity contribution in [2.45, 2.75) is 55.9 Å². The number of benzene rings is 1. The predicted molar refractivity (Wildman–Crippen MR) is 85.9 cm³/mol. The van der Waals surface area contributed by atoms with E-state index in [1.165, 1.54) is 12.0 Å². The molecule has 0 radical (unpaired) electrons. The van der Waals surface area contributed by atoms with Crippen molar-refractivity contribution in [3.63, 3.8) is 0 Å². The van der Waals surface area contributed by atoms with Crippen LogP contribution in [-0.4, -0.2) is 28.1 Å². The van der Waals surface area contributed by atoms with Gasteiger partial charge in [0.25, 0.3) is 0 Å². The van der Waals surface area contributed by atoms with Crippen LogP contribution in [0.4, 0.5) is 0 Å². The Hall–Kier alpha value is -0.910. The quantitative estimate of drug-likeness (QED) is 0.761. The maximum atomic E-state index is 12.4. The fraction of sp³-hybridized carbons (Fsp3) is 0.625. The molecule has 0 atom stereocenters. The molecule has 1 aliphatic carbocycles. The summed E-state index contributed by atoms with van der Waals surface area (Å²) in [5, 5.41) is 3.11. The summed E-state index contributed by atoms with van der Waals surface area (Å²) in [5.74, 6) is 0. The first-order chi connectivity index (χ1) is 10.1. The Labute approximate surface area is 128 Å². The highest BCUT2D eigenvalue weighted by atomic mass is 32.2. The normalized spacial score (nSPS) is 17.0. The van der Waals surface area contributed by atoms with Gasteiger partial charge < -0.3 is 5.32 Å². The molecule has 1 aromatic rings. The molecule has 1 aliphatic rings. The molecule has 0 aliphatic heterocycles. The van der Waals surface area contributed by atoms with Gasteiger partial charge in [0.1, 0.15) is 0 Å². The van der Waals surface area contributed by atoms with Crippen molar-refractivity contribution in [3.8, 4) is 0 Å². The largest absolute Gasteiger partial charge is 0.320 e. The second-order valence-corrected chi connectivity index (χ2v) is 7.52. The van der Waals surface area contributed by atoms with Crippen molar-refractivity contribution in [2.75, 3.05) is 13.6 Å². The molecule has 0 amide bonds. The molecule has 4 nitrogen and oxygen atoms in total. The van der Waals surface area contributed by atoms with Gasteiger partial charge in [0.05, 0.1) is 4.90 Å². The van der Waals surface area contributed by atoms with Crippen molar-refractivity contribution in [1.82, 2.24) is 10.0 Å². The zero-order valence-corrected chi connectivity index (χ0v) is 13.6. The lowest BCUT2D eigenvalue weighted by Crippen LogP contribution is -2.36. The molecular weight excluding hydrogens is 284 g/mol. The highest BCUT2D eigenvalue weighted by Crippen LogP contribution is 2.20. The fourth-order valence-electron chi connectivity index (χ4n) is 2.81. The molecule has 0 spiro atoms. The summed E-state index contributed by atoms with van der Waals surface area (Å²) in [5.41, 5.74) is 1.18. The summed E-state index contributed by atoms with van der Waals surface area (Å²) >= 11 is 0. The third-order valence-corrected chi connectivity index (χ3v) is 5.59. The molecule has 1 aromatic carbocycles. The lowest BCUT2D eigenvalue weighted by molar-refractivity contribution is 0.412. The zero-order valence-electron chi connectivity index (χ0n) is 12.8. The first-order valence-electron chi connectivity index (χ1n) is 7.88. The van der Waals surface area contributed by atoms with Gasteiger partial charge in [0.2, 0.25) is 10.0 Å². The first-order valence-corrected chi connectivity index (χ1v) is 9.36. The number of hydrogen-bond donors (Lipinski definition) is 2. The number of rotatable bonds is 7. The molecule has 2 rings (SSSR count). The van der Waals surface area contributed by atoms with Crippen molar-refractivity contribution < 1.29 is 8.42 Å². The topological polar surface area (TPSA) is 58.2 Å². The summed E-state index contributed by atoms with van der Waals surface area (Å²) in [6.45, 7) is 0.975. The van der Waals surface area contributed by atoms with E-state index in [0.717, 1.165) is 45.1 Å². The minimum absolute atomic E-state index is 0.110. The van der Waals surface area contributed by atoms with Gasteiger partial charge in [-0.1, -0.05) is 31.4 Å². The van der Waals surface area contributed by atoms with Crippen LogP contribution in [0.5, 0.6) is 0 Å². The van der Waals surface area contributed by atoms with Gasteiger partial charge in [-0.2, -0.15) is 0 Å². The minimum atomic E-state index is -3.36. The van der Waals surface area contributed by atoms with E-state index in [4.69, 9.17) is 0 Å². The van der Waals surface area contributed by atoms with E-state index in [-0.39, 0.29) is 6.04 Å². The predicted octanol–water partition coefficient (Wildman–Crippen LogP) is 2.45. The Balaban J connectivity index is 1.95. The van der Waals surface area contributed by atoms with Crippen LogP contribution >= 0.6 is 0 Å². The number of hydrogen-bond acceptors (Lipinski definition) is 3. The molecule has 21 heavy (non-hydrogen) atoms. The van der Waals surface area contributed by atoms with Crippen LogP contribution in [0.2, 0.25) is 0 Å². The van der Waals surface area contributed by atoms with Crippen LogP contribution in [0.1, 0.15) is 44.1 Å². The Bertz CT molecular complexity index is 520. The number of nitrogens with one attached hydrogen (secondary N) is 2. The second-order valence-electron chi connectivity index (χ2n) is 5.81. The second kappa shape index (κ2) is 7.92. The van der Waals surface area contributed by atoms with E-state index in [1.807, 2.05) is 19.2 Å². The monoisotopic (exact) mass is 310 g/mol. The lowest BCUT2D eigenvalue weighted by atomic mass is 9.96. The molecule has 0 saturated heterocycles. The molecule has 0 aromatic heterocycles. The third kappa shape index (κ3) is 5.09. The van der Waals surface area contributed by atoms with Gasteiger partial charge >= 0.3 is 0 Å². The average molecular weight is 310 g/mol. The average Bonchev–Trinajstić information content (AvgIpc) is 2.49. The molecule has 0 heterocycles. The highest BCUT2D eigenvalue weighted by Gasteiger charge is 2.21. The molecule has 0 bridgehead atoms. The SMILES string of the molecule is CNCCCc1ccc(S(=O)(=O)NC2CCCCC2)cc1. The molecule has 0 unspecified atom stereocenters. The third-order valence-electron chi connectivity index (χ3n) is 4.05. The Morgan fingerprint density at radius 2 is 1.76 bits per heavy atom. The maximum Gasteiger partial charge on any atom is 0.240 e. The number of aryl methyl sites for hydroxylation is 1. The van der Waals surface area contributed by atoms with Crippen molar-refractivity contribution in [1.29, 1.82) is 0 Å². The summed E-state index contributed by atoms with van der Waals surface area (Å²) < 4.78 is 27.5. The first kappa shape index (κ1) is 16.5. The van der Waals surface area contributed by atoms with Crippen LogP contribution in [0.25, 0.3) is 0 Å². The molecule has 1 fully saturated rings. The standard InChI is InChI=1S/C16H26N2O2S/c1-17-13-5-6-14-9-11-16(12-10-14)21(19,20)18-15-7-3-2-4-8-15/h9-12,15,17-18H,2-8,13H2,1H3. The van der Waals surface area contributed by atoms with E-state index < -0.39 is 10.0 Å². The molecule has 5 heteroatoms. The van der Waals surface area contributed by atoms with Gasteiger partial charge in [0, 0.05) is 6.04 Å². The van der Waals surface area contributed by atoms with Gasteiger partial charge in [-0.25, -0.2) is 13.1 Å². The van der Waals surface area contributed by atoms with Gasteiger partial charge in [-0.05, 0) is 57.0 Å². The van der Waals surface area contributed by atoms with E-state index in [1.54, 1.807) is 12.1 Å². The van der Waals surface area contributed by atoms with Crippen LogP contribution in [0, 0.1) is 0 Å². The lowest BCUT2D eigenvalue weighted by Gasteiger charge is -2.22. The Kier molecular flexibility index (Phi) is 6.21. The van der Waals surface area contributed by atoms with Crippen molar-refractivity contribution >= 4 is 10.0 Å². The number of sulfonamides is 1. The summed E-state index contributed by atoms with van der Waals surface area (Å²) in [4.78, 5) is 0.380. The molecular formula is C16H26N2O2S. The highest BCUT2D eigenvalue weighted by molar-refractivity contribution is 7.89. The summed E-state index contributed by atoms with van der Waals surface area (Å²) in [6, 6.07) is 7.40. The smallest absolute Gasteiger partial charge is 0.240 e. The molecule has 2 N–H and O–H groups in total. The minimum Gasteiger partial charge on any atom is -0.320 e. The Morgan fingerprint density at radius 1 is 1.10 bits per heavy atom. The van der Waals surface area contributed by atoms with Crippen molar-refractivity contribution in [2.24, 2.45) is 0 Å². The van der Waals surface area contributed by atoms with Gasteiger partial charge in [-0.15, -0.1) is 0 Å². The summed E-state index contributed by atoms with van der Waals surface area (Å²) in [7, 11) is -1.43. The van der Waals surface area contributed by atoms with Crippen LogP contribution in [0.15, 0.2) is 29.2 Å². The van der Waals surface area contributed by atoms with Crippen molar-refractivity contribution in [3.05, 3.63) is 29.8 Å².